The van der Waals surface area contributed by atoms with E-state index in [2.05, 4.69) is 0 Å². The summed E-state index contributed by atoms with van der Waals surface area (Å²) in [6, 6.07) is 24.3. The van der Waals surface area contributed by atoms with Crippen molar-refractivity contribution < 1.29 is 42.7 Å². The van der Waals surface area contributed by atoms with Crippen LogP contribution in [0.1, 0.15) is 49.3 Å². The van der Waals surface area contributed by atoms with Crippen molar-refractivity contribution in [1.82, 2.24) is 0 Å². The van der Waals surface area contributed by atoms with Gasteiger partial charge in [0.25, 0.3) is 0 Å². The van der Waals surface area contributed by atoms with Gasteiger partial charge in [0.2, 0.25) is 0 Å². The number of ether oxygens (including phenoxy) is 7. The molecule has 0 unspecified atom stereocenters. The van der Waals surface area contributed by atoms with Crippen LogP contribution in [0.2, 0.25) is 5.02 Å². The molecule has 0 bridgehead atoms. The molecule has 0 aliphatic carbocycles. The molecule has 0 aromatic heterocycles. The molecule has 0 saturated carbocycles. The minimum Gasteiger partial charge on any atom is -0.496 e. The lowest BCUT2D eigenvalue weighted by molar-refractivity contribution is -0.161. The van der Waals surface area contributed by atoms with Gasteiger partial charge >= 0.3 is 5.97 Å². The highest BCUT2D eigenvalue weighted by Crippen LogP contribution is 2.53. The molecule has 10 heteroatoms. The highest BCUT2D eigenvalue weighted by Gasteiger charge is 2.33. The van der Waals surface area contributed by atoms with Gasteiger partial charge in [-0.3, -0.25) is 4.79 Å². The quantitative estimate of drug-likeness (QED) is 0.0647. The van der Waals surface area contributed by atoms with Crippen molar-refractivity contribution >= 4 is 34.6 Å². The standard InChI is InChI=1S/C39H37ClO9/c1-23-17-26(20-41)32(36(45-4)31(23)38(42)47-6)34-28(18-27-33(37(34)46-5)30(43-2)19-29(40)35(27)44-3)39(48-21-24-13-9-7-10-14-24)49-22-25-15-11-8-12-16-25/h7-20,39H,21-22H2,1-6H3. The second-order valence-electron chi connectivity index (χ2n) is 11.0. The molecule has 0 atom stereocenters. The summed E-state index contributed by atoms with van der Waals surface area (Å²) in [4.78, 5) is 26.1. The van der Waals surface area contributed by atoms with Gasteiger partial charge in [-0.1, -0.05) is 72.3 Å². The van der Waals surface area contributed by atoms with Gasteiger partial charge in [-0.15, -0.1) is 0 Å². The van der Waals surface area contributed by atoms with Crippen molar-refractivity contribution in [2.24, 2.45) is 0 Å². The Morgan fingerprint density at radius 2 is 1.31 bits per heavy atom. The maximum atomic E-state index is 13.2. The van der Waals surface area contributed by atoms with Crippen LogP contribution in [0, 0.1) is 6.92 Å². The molecule has 0 fully saturated rings. The zero-order valence-corrected chi connectivity index (χ0v) is 28.9. The molecule has 0 radical (unpaired) electrons. The van der Waals surface area contributed by atoms with Crippen LogP contribution in [-0.2, 0) is 27.4 Å². The van der Waals surface area contributed by atoms with Gasteiger partial charge in [-0.05, 0) is 35.7 Å². The number of halogens is 1. The van der Waals surface area contributed by atoms with E-state index in [1.165, 1.54) is 35.5 Å². The van der Waals surface area contributed by atoms with Crippen LogP contribution in [0.25, 0.3) is 21.9 Å². The van der Waals surface area contributed by atoms with Crippen LogP contribution in [-0.4, -0.2) is 47.8 Å². The smallest absolute Gasteiger partial charge is 0.341 e. The summed E-state index contributed by atoms with van der Waals surface area (Å²) in [5, 5.41) is 1.33. The van der Waals surface area contributed by atoms with Crippen LogP contribution in [0.4, 0.5) is 0 Å². The van der Waals surface area contributed by atoms with Gasteiger partial charge in [-0.2, -0.15) is 0 Å². The average molecular weight is 685 g/mol. The number of hydrogen-bond acceptors (Lipinski definition) is 9. The van der Waals surface area contributed by atoms with E-state index in [9.17, 15) is 9.59 Å². The monoisotopic (exact) mass is 684 g/mol. The number of carbonyl (C=O) groups excluding carboxylic acids is 2. The summed E-state index contributed by atoms with van der Waals surface area (Å²) in [5.74, 6) is 0.478. The molecule has 0 N–H and O–H groups in total. The lowest BCUT2D eigenvalue weighted by Crippen LogP contribution is -2.14. The Labute approximate surface area is 290 Å². The van der Waals surface area contributed by atoms with E-state index in [-0.39, 0.29) is 41.4 Å². The molecular formula is C39H37ClO9. The second-order valence-corrected chi connectivity index (χ2v) is 11.4. The molecule has 5 aromatic rings. The number of fused-ring (bicyclic) bond motifs is 1. The molecule has 5 rings (SSSR count). The Balaban J connectivity index is 1.93. The summed E-state index contributed by atoms with van der Waals surface area (Å²) >= 11 is 6.71. The molecule has 0 heterocycles. The van der Waals surface area contributed by atoms with Crippen molar-refractivity contribution in [3.05, 3.63) is 117 Å². The van der Waals surface area contributed by atoms with E-state index in [0.29, 0.717) is 50.3 Å². The van der Waals surface area contributed by atoms with E-state index in [4.69, 9.17) is 44.8 Å². The first kappa shape index (κ1) is 35.2. The van der Waals surface area contributed by atoms with Crippen molar-refractivity contribution in [3.63, 3.8) is 0 Å². The summed E-state index contributed by atoms with van der Waals surface area (Å²) in [5.41, 5.74) is 3.75. The molecule has 0 saturated heterocycles. The summed E-state index contributed by atoms with van der Waals surface area (Å²) < 4.78 is 42.0. The third kappa shape index (κ3) is 7.05. The fourth-order valence-electron chi connectivity index (χ4n) is 5.94. The molecule has 0 amide bonds. The number of aldehydes is 1. The third-order valence-electron chi connectivity index (χ3n) is 8.13. The van der Waals surface area contributed by atoms with Crippen LogP contribution in [0.3, 0.4) is 0 Å². The Bertz CT molecular complexity index is 1920. The van der Waals surface area contributed by atoms with Gasteiger partial charge in [0.15, 0.2) is 12.6 Å². The highest BCUT2D eigenvalue weighted by atomic mass is 35.5. The van der Waals surface area contributed by atoms with Crippen molar-refractivity contribution in [3.8, 4) is 34.1 Å². The zero-order valence-electron chi connectivity index (χ0n) is 28.1. The first-order valence-electron chi connectivity index (χ1n) is 15.3. The molecule has 0 aliphatic heterocycles. The number of aryl methyl sites for hydroxylation is 1. The van der Waals surface area contributed by atoms with Crippen molar-refractivity contribution in [2.45, 2.75) is 26.4 Å². The molecule has 5 aromatic carbocycles. The lowest BCUT2D eigenvalue weighted by Gasteiger charge is -2.27. The van der Waals surface area contributed by atoms with E-state index >= 15 is 0 Å². The predicted molar refractivity (Wildman–Crippen MR) is 187 cm³/mol. The number of methoxy groups -OCH3 is 5. The molecule has 9 nitrogen and oxygen atoms in total. The largest absolute Gasteiger partial charge is 0.496 e. The normalized spacial score (nSPS) is 11.0. The molecule has 49 heavy (non-hydrogen) atoms. The summed E-state index contributed by atoms with van der Waals surface area (Å²) in [7, 11) is 7.22. The average Bonchev–Trinajstić information content (AvgIpc) is 3.13. The third-order valence-corrected chi connectivity index (χ3v) is 8.41. The summed E-state index contributed by atoms with van der Waals surface area (Å²) in [6.07, 6.45) is -0.362. The Kier molecular flexibility index (Phi) is 11.4. The molecule has 0 aliphatic rings. The van der Waals surface area contributed by atoms with Crippen LogP contribution >= 0.6 is 11.6 Å². The number of rotatable bonds is 14. The fourth-order valence-corrected chi connectivity index (χ4v) is 6.22. The predicted octanol–water partition coefficient (Wildman–Crippen LogP) is 8.53. The SMILES string of the molecule is COC(=O)c1c(C)cc(C=O)c(-c2c(C(OCc3ccccc3)OCc3ccccc3)cc3c(OC)c(Cl)cc(OC)c3c2OC)c1OC. The number of esters is 1. The number of benzene rings is 5. The summed E-state index contributed by atoms with van der Waals surface area (Å²) in [6.45, 7) is 2.05. The topological polar surface area (TPSA) is 98.8 Å². The highest BCUT2D eigenvalue weighted by molar-refractivity contribution is 6.34. The van der Waals surface area contributed by atoms with Crippen LogP contribution < -0.4 is 18.9 Å². The van der Waals surface area contributed by atoms with Gasteiger partial charge in [0, 0.05) is 33.7 Å². The zero-order chi connectivity index (χ0) is 35.1. The van der Waals surface area contributed by atoms with E-state index in [0.717, 1.165) is 11.1 Å². The van der Waals surface area contributed by atoms with E-state index < -0.39 is 12.3 Å². The van der Waals surface area contributed by atoms with Gasteiger partial charge in [0.1, 0.15) is 28.6 Å². The second kappa shape index (κ2) is 15.9. The minimum absolute atomic E-state index is 0.109. The molecule has 254 valence electrons. The number of hydrogen-bond donors (Lipinski definition) is 0. The Hall–Kier alpha value is -5.09. The molecule has 0 spiro atoms. The van der Waals surface area contributed by atoms with E-state index in [1.807, 2.05) is 66.7 Å². The van der Waals surface area contributed by atoms with Gasteiger partial charge in [0.05, 0.1) is 59.2 Å². The molecular weight excluding hydrogens is 648 g/mol. The maximum Gasteiger partial charge on any atom is 0.341 e. The number of carbonyl (C=O) groups is 2. The van der Waals surface area contributed by atoms with Crippen molar-refractivity contribution in [1.29, 1.82) is 0 Å². The Morgan fingerprint density at radius 1 is 0.735 bits per heavy atom. The minimum atomic E-state index is -1.06. The van der Waals surface area contributed by atoms with Gasteiger partial charge < -0.3 is 33.2 Å². The van der Waals surface area contributed by atoms with E-state index in [1.54, 1.807) is 19.1 Å². The first-order valence-corrected chi connectivity index (χ1v) is 15.7. The van der Waals surface area contributed by atoms with Gasteiger partial charge in [-0.25, -0.2) is 4.79 Å². The first-order chi connectivity index (χ1) is 23.8. The van der Waals surface area contributed by atoms with Crippen molar-refractivity contribution in [2.75, 3.05) is 35.5 Å². The van der Waals surface area contributed by atoms with Crippen LogP contribution in [0.5, 0.6) is 23.0 Å². The maximum absolute atomic E-state index is 13.2. The Morgan fingerprint density at radius 3 is 1.80 bits per heavy atom. The lowest BCUT2D eigenvalue weighted by atomic mass is 9.87. The van der Waals surface area contributed by atoms with Crippen LogP contribution in [0.15, 0.2) is 78.9 Å². The fraction of sp³-hybridized carbons (Fsp3) is 0.231.